The second kappa shape index (κ2) is 7.25. The van der Waals surface area contributed by atoms with Crippen LogP contribution in [-0.4, -0.2) is 29.8 Å². The number of nitrogens with zero attached hydrogens (tertiary/aromatic N) is 2. The van der Waals surface area contributed by atoms with Crippen molar-refractivity contribution in [3.05, 3.63) is 23.9 Å². The lowest BCUT2D eigenvalue weighted by atomic mass is 10.1. The predicted molar refractivity (Wildman–Crippen MR) is 71.0 cm³/mol. The number of aromatic nitrogens is 1. The molecule has 0 spiro atoms. The summed E-state index contributed by atoms with van der Waals surface area (Å²) < 4.78 is 0. The largest absolute Gasteiger partial charge is 0.395 e. The highest BCUT2D eigenvalue weighted by Gasteiger charge is 2.13. The highest BCUT2D eigenvalue weighted by atomic mass is 16.3. The molecule has 0 aliphatic heterocycles. The smallest absolute Gasteiger partial charge is 0.133 e. The van der Waals surface area contributed by atoms with Crippen molar-refractivity contribution in [1.29, 1.82) is 0 Å². The summed E-state index contributed by atoms with van der Waals surface area (Å²) in [6, 6.07) is 3.86. The van der Waals surface area contributed by atoms with E-state index in [1.165, 1.54) is 0 Å². The zero-order valence-corrected chi connectivity index (χ0v) is 10.8. The summed E-state index contributed by atoms with van der Waals surface area (Å²) in [5, 5.41) is 9.13. The molecule has 0 aromatic carbocycles. The molecule has 0 fully saturated rings. The summed E-state index contributed by atoms with van der Waals surface area (Å²) in [6.07, 6.45) is 3.99. The van der Waals surface area contributed by atoms with Gasteiger partial charge in [-0.05, 0) is 19.4 Å². The van der Waals surface area contributed by atoms with E-state index in [4.69, 9.17) is 10.8 Å². The first kappa shape index (κ1) is 13.9. The van der Waals surface area contributed by atoms with Crippen LogP contribution in [0.15, 0.2) is 18.3 Å². The van der Waals surface area contributed by atoms with Crippen molar-refractivity contribution in [3.63, 3.8) is 0 Å². The lowest BCUT2D eigenvalue weighted by Crippen LogP contribution is -2.30. The highest BCUT2D eigenvalue weighted by molar-refractivity contribution is 5.48. The molecule has 1 aromatic rings. The molecular formula is C13H23N3O. The average Bonchev–Trinajstić information content (AvgIpc) is 2.34. The van der Waals surface area contributed by atoms with E-state index < -0.39 is 0 Å². The number of rotatable bonds is 7. The Balaban J connectivity index is 2.91. The molecule has 1 atom stereocenters. The van der Waals surface area contributed by atoms with Crippen LogP contribution in [0.2, 0.25) is 0 Å². The van der Waals surface area contributed by atoms with Crippen molar-refractivity contribution in [2.24, 2.45) is 5.73 Å². The molecule has 1 heterocycles. The molecule has 3 N–H and O–H groups in total. The fraction of sp³-hybridized carbons (Fsp3) is 0.615. The standard InChI is InChI=1S/C13H23N3O/c1-3-4-8-16(9-10-17)13-12(11(2)14)6-5-7-15-13/h5-7,11,17H,3-4,8-10,14H2,1-2H3/t11-/m0/s1. The third-order valence-corrected chi connectivity index (χ3v) is 2.76. The Bertz CT molecular complexity index is 328. The molecule has 0 saturated heterocycles. The molecule has 0 aliphatic carbocycles. The summed E-state index contributed by atoms with van der Waals surface area (Å²) in [5.74, 6) is 0.907. The second-order valence-corrected chi connectivity index (χ2v) is 4.27. The van der Waals surface area contributed by atoms with Gasteiger partial charge in [0.25, 0.3) is 0 Å². The van der Waals surface area contributed by atoms with E-state index in [0.717, 1.165) is 30.8 Å². The van der Waals surface area contributed by atoms with Gasteiger partial charge in [-0.15, -0.1) is 0 Å². The van der Waals surface area contributed by atoms with Gasteiger partial charge in [0.15, 0.2) is 0 Å². The van der Waals surface area contributed by atoms with Crippen LogP contribution in [0.5, 0.6) is 0 Å². The summed E-state index contributed by atoms with van der Waals surface area (Å²) in [7, 11) is 0. The summed E-state index contributed by atoms with van der Waals surface area (Å²) >= 11 is 0. The van der Waals surface area contributed by atoms with E-state index in [9.17, 15) is 0 Å². The third-order valence-electron chi connectivity index (χ3n) is 2.76. The quantitative estimate of drug-likeness (QED) is 0.757. The van der Waals surface area contributed by atoms with Crippen LogP contribution in [0.25, 0.3) is 0 Å². The van der Waals surface area contributed by atoms with Gasteiger partial charge in [0.2, 0.25) is 0 Å². The Hall–Kier alpha value is -1.13. The SMILES string of the molecule is CCCCN(CCO)c1ncccc1[C@H](C)N. The van der Waals surface area contributed by atoms with Gasteiger partial charge in [-0.25, -0.2) is 4.98 Å². The van der Waals surface area contributed by atoms with Crippen molar-refractivity contribution in [2.45, 2.75) is 32.7 Å². The number of anilines is 1. The van der Waals surface area contributed by atoms with Gasteiger partial charge in [0, 0.05) is 30.9 Å². The van der Waals surface area contributed by atoms with Crippen LogP contribution < -0.4 is 10.6 Å². The van der Waals surface area contributed by atoms with Crippen LogP contribution >= 0.6 is 0 Å². The molecule has 0 radical (unpaired) electrons. The van der Waals surface area contributed by atoms with Crippen molar-refractivity contribution < 1.29 is 5.11 Å². The van der Waals surface area contributed by atoms with E-state index in [-0.39, 0.29) is 12.6 Å². The Kier molecular flexibility index (Phi) is 5.94. The van der Waals surface area contributed by atoms with Crippen LogP contribution in [0.4, 0.5) is 5.82 Å². The van der Waals surface area contributed by atoms with Crippen LogP contribution in [0.3, 0.4) is 0 Å². The van der Waals surface area contributed by atoms with Crippen LogP contribution in [0, 0.1) is 0 Å². The molecule has 0 unspecified atom stereocenters. The fourth-order valence-electron chi connectivity index (χ4n) is 1.82. The van der Waals surface area contributed by atoms with E-state index in [0.29, 0.717) is 6.54 Å². The average molecular weight is 237 g/mol. The lowest BCUT2D eigenvalue weighted by Gasteiger charge is -2.26. The highest BCUT2D eigenvalue weighted by Crippen LogP contribution is 2.22. The van der Waals surface area contributed by atoms with Gasteiger partial charge in [0.1, 0.15) is 5.82 Å². The summed E-state index contributed by atoms with van der Waals surface area (Å²) in [6.45, 7) is 5.77. The summed E-state index contributed by atoms with van der Waals surface area (Å²) in [5.41, 5.74) is 6.99. The molecule has 17 heavy (non-hydrogen) atoms. The molecule has 4 heteroatoms. The molecule has 1 rings (SSSR count). The number of hydrogen-bond donors (Lipinski definition) is 2. The topological polar surface area (TPSA) is 62.4 Å². The minimum Gasteiger partial charge on any atom is -0.395 e. The minimum atomic E-state index is -0.0403. The molecule has 96 valence electrons. The van der Waals surface area contributed by atoms with E-state index in [1.807, 2.05) is 19.1 Å². The van der Waals surface area contributed by atoms with Crippen molar-refractivity contribution in [1.82, 2.24) is 4.98 Å². The second-order valence-electron chi connectivity index (χ2n) is 4.27. The monoisotopic (exact) mass is 237 g/mol. The molecule has 0 amide bonds. The van der Waals surface area contributed by atoms with Crippen molar-refractivity contribution >= 4 is 5.82 Å². The maximum absolute atomic E-state index is 9.13. The zero-order valence-electron chi connectivity index (χ0n) is 10.8. The van der Waals surface area contributed by atoms with Crippen molar-refractivity contribution in [2.75, 3.05) is 24.6 Å². The molecule has 0 aliphatic rings. The Morgan fingerprint density at radius 1 is 1.47 bits per heavy atom. The zero-order chi connectivity index (χ0) is 12.7. The van der Waals surface area contributed by atoms with E-state index in [2.05, 4.69) is 16.8 Å². The number of nitrogens with two attached hydrogens (primary N) is 1. The molecule has 1 aromatic heterocycles. The van der Waals surface area contributed by atoms with Gasteiger partial charge >= 0.3 is 0 Å². The van der Waals surface area contributed by atoms with Gasteiger partial charge in [-0.3, -0.25) is 0 Å². The van der Waals surface area contributed by atoms with Crippen molar-refractivity contribution in [3.8, 4) is 0 Å². The molecule has 0 bridgehead atoms. The normalized spacial score (nSPS) is 12.5. The lowest BCUT2D eigenvalue weighted by molar-refractivity contribution is 0.301. The van der Waals surface area contributed by atoms with Crippen LogP contribution in [-0.2, 0) is 0 Å². The van der Waals surface area contributed by atoms with E-state index in [1.54, 1.807) is 6.20 Å². The Morgan fingerprint density at radius 3 is 2.82 bits per heavy atom. The number of pyridine rings is 1. The first-order valence-electron chi connectivity index (χ1n) is 6.27. The number of aliphatic hydroxyl groups excluding tert-OH is 1. The first-order valence-corrected chi connectivity index (χ1v) is 6.27. The first-order chi connectivity index (χ1) is 8.20. The Labute approximate surface area is 103 Å². The van der Waals surface area contributed by atoms with Gasteiger partial charge in [0.05, 0.1) is 6.61 Å². The molecular weight excluding hydrogens is 214 g/mol. The molecule has 0 saturated carbocycles. The maximum atomic E-state index is 9.13. The molecule has 4 nitrogen and oxygen atoms in total. The van der Waals surface area contributed by atoms with E-state index >= 15 is 0 Å². The number of hydrogen-bond acceptors (Lipinski definition) is 4. The minimum absolute atomic E-state index is 0.0403. The maximum Gasteiger partial charge on any atom is 0.133 e. The van der Waals surface area contributed by atoms with Crippen LogP contribution in [0.1, 0.15) is 38.3 Å². The Morgan fingerprint density at radius 2 is 2.24 bits per heavy atom. The van der Waals surface area contributed by atoms with Gasteiger partial charge in [-0.1, -0.05) is 19.4 Å². The number of aliphatic hydroxyl groups is 1. The third kappa shape index (κ3) is 3.98. The van der Waals surface area contributed by atoms with Gasteiger partial charge < -0.3 is 15.7 Å². The van der Waals surface area contributed by atoms with Gasteiger partial charge in [-0.2, -0.15) is 0 Å². The number of unbranched alkanes of at least 4 members (excludes halogenated alkanes) is 1. The predicted octanol–water partition coefficient (Wildman–Crippen LogP) is 1.70. The summed E-state index contributed by atoms with van der Waals surface area (Å²) in [4.78, 5) is 6.52. The fourth-order valence-corrected chi connectivity index (χ4v) is 1.82.